The smallest absolute Gasteiger partial charge is 0.411 e. The van der Waals surface area contributed by atoms with E-state index in [1.54, 1.807) is 24.4 Å². The van der Waals surface area contributed by atoms with Crippen LogP contribution in [0.4, 0.5) is 18.9 Å². The Balaban J connectivity index is 1.46. The van der Waals surface area contributed by atoms with Crippen LogP contribution in [0, 0.1) is 0 Å². The van der Waals surface area contributed by atoms with E-state index < -0.39 is 17.2 Å². The van der Waals surface area contributed by atoms with E-state index in [0.717, 1.165) is 23.7 Å². The number of anilines is 1. The lowest BCUT2D eigenvalue weighted by Crippen LogP contribution is -2.39. The fraction of sp³-hybridized carbons (Fsp3) is 0.304. The number of halogens is 3. The average molecular weight is 429 g/mol. The largest absolute Gasteiger partial charge is 0.416 e. The Kier molecular flexibility index (Phi) is 5.71. The Labute approximate surface area is 177 Å². The van der Waals surface area contributed by atoms with E-state index in [4.69, 9.17) is 4.52 Å². The quantitative estimate of drug-likeness (QED) is 0.270. The Morgan fingerprint density at radius 2 is 1.84 bits per heavy atom. The maximum absolute atomic E-state index is 13.6. The zero-order valence-electron chi connectivity index (χ0n) is 16.7. The van der Waals surface area contributed by atoms with Gasteiger partial charge in [0.25, 0.3) is 0 Å². The third-order valence-corrected chi connectivity index (χ3v) is 5.90. The van der Waals surface area contributed by atoms with Gasteiger partial charge in [-0.25, -0.2) is 0 Å². The Morgan fingerprint density at radius 3 is 2.42 bits per heavy atom. The second-order valence-electron chi connectivity index (χ2n) is 7.83. The number of oxime groups is 1. The molecule has 1 aliphatic carbocycles. The highest BCUT2D eigenvalue weighted by molar-refractivity contribution is 5.89. The van der Waals surface area contributed by atoms with Gasteiger partial charge in [-0.1, -0.05) is 34.9 Å². The summed E-state index contributed by atoms with van der Waals surface area (Å²) in [6, 6.07) is 14.9. The molecule has 8 heteroatoms. The second kappa shape index (κ2) is 8.45. The number of nitrogens with one attached hydrogen (secondary N) is 1. The Morgan fingerprint density at radius 1 is 1.10 bits per heavy atom. The number of benzene rings is 2. The molecule has 0 atom stereocenters. The first-order valence-electron chi connectivity index (χ1n) is 10.0. The van der Waals surface area contributed by atoms with Crippen LogP contribution >= 0.6 is 0 Å². The lowest BCUT2D eigenvalue weighted by Gasteiger charge is -2.44. The molecule has 1 fully saturated rings. The molecule has 0 saturated heterocycles. The molecular formula is C23H22F3N3O2. The molecule has 0 radical (unpaired) electrons. The van der Waals surface area contributed by atoms with Crippen LogP contribution in [0.25, 0.3) is 11.3 Å². The summed E-state index contributed by atoms with van der Waals surface area (Å²) in [6.45, 7) is 0.230. The first-order valence-corrected chi connectivity index (χ1v) is 10.0. The Bertz CT molecular complexity index is 1040. The summed E-state index contributed by atoms with van der Waals surface area (Å²) in [4.78, 5) is 0. The summed E-state index contributed by atoms with van der Waals surface area (Å²) in [5.74, 6) is 0.652. The van der Waals surface area contributed by atoms with Crippen molar-refractivity contribution in [1.29, 1.82) is 0 Å². The fourth-order valence-corrected chi connectivity index (χ4v) is 4.18. The van der Waals surface area contributed by atoms with E-state index in [9.17, 15) is 18.4 Å². The summed E-state index contributed by atoms with van der Waals surface area (Å²) < 4.78 is 45.8. The number of alkyl halides is 3. The van der Waals surface area contributed by atoms with Crippen LogP contribution in [0.2, 0.25) is 0 Å². The minimum Gasteiger partial charge on any atom is -0.411 e. The van der Waals surface area contributed by atoms with E-state index in [-0.39, 0.29) is 18.5 Å². The highest BCUT2D eigenvalue weighted by Crippen LogP contribution is 2.50. The van der Waals surface area contributed by atoms with Gasteiger partial charge in [0.2, 0.25) is 0 Å². The van der Waals surface area contributed by atoms with Gasteiger partial charge in [0.05, 0.1) is 24.0 Å². The van der Waals surface area contributed by atoms with E-state index in [0.29, 0.717) is 24.3 Å². The monoisotopic (exact) mass is 429 g/mol. The fourth-order valence-electron chi connectivity index (χ4n) is 4.18. The summed E-state index contributed by atoms with van der Waals surface area (Å²) in [7, 11) is 0. The molecule has 3 aromatic rings. The van der Waals surface area contributed by atoms with E-state index in [2.05, 4.69) is 15.6 Å². The zero-order chi connectivity index (χ0) is 21.9. The van der Waals surface area contributed by atoms with Gasteiger partial charge in [-0.3, -0.25) is 0 Å². The van der Waals surface area contributed by atoms with Crippen LogP contribution in [0.3, 0.4) is 0 Å². The maximum Gasteiger partial charge on any atom is 0.416 e. The predicted molar refractivity (Wildman–Crippen MR) is 111 cm³/mol. The van der Waals surface area contributed by atoms with E-state index >= 15 is 0 Å². The highest BCUT2D eigenvalue weighted by Gasteiger charge is 2.45. The van der Waals surface area contributed by atoms with Gasteiger partial charge < -0.3 is 15.0 Å². The second-order valence-corrected chi connectivity index (χ2v) is 7.83. The van der Waals surface area contributed by atoms with Crippen LogP contribution in [-0.2, 0) is 11.6 Å². The molecule has 5 nitrogen and oxygen atoms in total. The number of hydrogen-bond donors (Lipinski definition) is 2. The predicted octanol–water partition coefficient (Wildman–Crippen LogP) is 6.11. The van der Waals surface area contributed by atoms with Crippen molar-refractivity contribution in [3.05, 3.63) is 71.9 Å². The van der Waals surface area contributed by atoms with Crippen molar-refractivity contribution in [1.82, 2.24) is 5.16 Å². The van der Waals surface area contributed by atoms with Crippen molar-refractivity contribution in [2.75, 3.05) is 11.9 Å². The number of rotatable bonds is 7. The summed E-state index contributed by atoms with van der Waals surface area (Å²) in [5, 5.41) is 19.8. The number of nitrogens with zero attached hydrogens (tertiary/aromatic N) is 2. The summed E-state index contributed by atoms with van der Waals surface area (Å²) in [6.07, 6.45) is -0.477. The number of aromatic nitrogens is 1. The molecule has 1 saturated carbocycles. The molecule has 1 aliphatic rings. The van der Waals surface area contributed by atoms with Crippen molar-refractivity contribution in [2.24, 2.45) is 5.16 Å². The van der Waals surface area contributed by atoms with Gasteiger partial charge in [0.15, 0.2) is 5.76 Å². The molecule has 1 aromatic heterocycles. The first kappa shape index (κ1) is 21.0. The zero-order valence-corrected chi connectivity index (χ0v) is 16.7. The minimum atomic E-state index is -4.42. The van der Waals surface area contributed by atoms with Crippen LogP contribution < -0.4 is 5.32 Å². The Hall–Kier alpha value is -3.29. The van der Waals surface area contributed by atoms with Crippen molar-refractivity contribution in [3.8, 4) is 11.3 Å². The topological polar surface area (TPSA) is 70.7 Å². The maximum atomic E-state index is 13.6. The molecule has 0 bridgehead atoms. The van der Waals surface area contributed by atoms with E-state index in [1.165, 1.54) is 6.07 Å². The molecular weight excluding hydrogens is 407 g/mol. The standard InChI is InChI=1S/C23H22F3N3O2/c24-23(25,26)20-5-2-1-4-19(20)22(11-3-12-22)14-18(29-30)15-27-17-8-6-16(7-9-17)21-10-13-28-31-21/h1-2,4-10,13,27,30H,3,11-12,14-15H2. The van der Waals surface area contributed by atoms with Crippen molar-refractivity contribution < 1.29 is 22.9 Å². The van der Waals surface area contributed by atoms with Crippen LogP contribution in [0.1, 0.15) is 36.8 Å². The molecule has 0 spiro atoms. The van der Waals surface area contributed by atoms with Crippen molar-refractivity contribution in [2.45, 2.75) is 37.3 Å². The van der Waals surface area contributed by atoms with Crippen LogP contribution in [0.15, 0.2) is 70.5 Å². The van der Waals surface area contributed by atoms with Gasteiger partial charge in [-0.05, 0) is 48.7 Å². The highest BCUT2D eigenvalue weighted by atomic mass is 19.4. The average Bonchev–Trinajstić information content (AvgIpc) is 3.28. The van der Waals surface area contributed by atoms with Gasteiger partial charge in [0.1, 0.15) is 0 Å². The van der Waals surface area contributed by atoms with Gasteiger partial charge in [-0.2, -0.15) is 13.2 Å². The third-order valence-electron chi connectivity index (χ3n) is 5.90. The molecule has 4 rings (SSSR count). The van der Waals surface area contributed by atoms with Gasteiger partial charge in [-0.15, -0.1) is 0 Å². The summed E-state index contributed by atoms with van der Waals surface area (Å²) >= 11 is 0. The molecule has 0 amide bonds. The molecule has 2 aromatic carbocycles. The molecule has 2 N–H and O–H groups in total. The van der Waals surface area contributed by atoms with Gasteiger partial charge in [0, 0.05) is 29.2 Å². The molecule has 162 valence electrons. The molecule has 31 heavy (non-hydrogen) atoms. The lowest BCUT2D eigenvalue weighted by atomic mass is 9.60. The van der Waals surface area contributed by atoms with Crippen LogP contribution in [0.5, 0.6) is 0 Å². The van der Waals surface area contributed by atoms with Gasteiger partial charge >= 0.3 is 6.18 Å². The van der Waals surface area contributed by atoms with Crippen LogP contribution in [-0.4, -0.2) is 22.6 Å². The molecule has 0 aliphatic heterocycles. The molecule has 1 heterocycles. The van der Waals surface area contributed by atoms with Crippen molar-refractivity contribution in [3.63, 3.8) is 0 Å². The third kappa shape index (κ3) is 4.42. The summed E-state index contributed by atoms with van der Waals surface area (Å²) in [5.41, 5.74) is 1.09. The normalized spacial score (nSPS) is 16.0. The lowest BCUT2D eigenvalue weighted by molar-refractivity contribution is -0.139. The van der Waals surface area contributed by atoms with Crippen molar-refractivity contribution >= 4 is 11.4 Å². The molecule has 0 unspecified atom stereocenters. The van der Waals surface area contributed by atoms with E-state index in [1.807, 2.05) is 24.3 Å². The first-order chi connectivity index (χ1) is 14.9. The number of hydrogen-bond acceptors (Lipinski definition) is 5. The SMILES string of the molecule is ON=C(CNc1ccc(-c2ccno2)cc1)CC1(c2ccccc2C(F)(F)F)CCC1. The minimum absolute atomic E-state index is 0.230.